The molecule has 30 heavy (non-hydrogen) atoms. The van der Waals surface area contributed by atoms with Crippen LogP contribution in [0.25, 0.3) is 0 Å². The third kappa shape index (κ3) is 5.18. The number of hydrogen-bond acceptors (Lipinski definition) is 5. The summed E-state index contributed by atoms with van der Waals surface area (Å²) in [7, 11) is -1.44. The van der Waals surface area contributed by atoms with E-state index in [1.807, 2.05) is 13.8 Å². The number of thioether (sulfide) groups is 1. The van der Waals surface area contributed by atoms with Crippen LogP contribution in [0.2, 0.25) is 0 Å². The minimum Gasteiger partial charge on any atom is -0.337 e. The standard InChI is InChI=1S/C19H22F3N3O3S2/c1-12-17(13(2)25(23-12)15-8-9-30(27,28)11-15)10-24(3)18(26)14-4-6-16(7-5-14)29-19(20,21)22/h4-7,15H,8-11H2,1-3H3/t15-/m0/s1. The van der Waals surface area contributed by atoms with E-state index in [0.717, 1.165) is 11.3 Å². The molecule has 3 rings (SSSR count). The second-order valence-corrected chi connectivity index (χ2v) is 10.8. The number of benzene rings is 1. The van der Waals surface area contributed by atoms with Crippen molar-refractivity contribution in [3.63, 3.8) is 0 Å². The van der Waals surface area contributed by atoms with Crippen molar-refractivity contribution in [3.05, 3.63) is 46.8 Å². The molecular weight excluding hydrogens is 439 g/mol. The Morgan fingerprint density at radius 1 is 1.27 bits per heavy atom. The van der Waals surface area contributed by atoms with E-state index in [1.165, 1.54) is 29.2 Å². The van der Waals surface area contributed by atoms with Gasteiger partial charge in [-0.25, -0.2) is 8.42 Å². The second kappa shape index (κ2) is 8.26. The first-order valence-corrected chi connectivity index (χ1v) is 11.9. The quantitative estimate of drug-likeness (QED) is 0.635. The first kappa shape index (κ1) is 22.7. The van der Waals surface area contributed by atoms with Gasteiger partial charge in [0, 0.05) is 35.3 Å². The number of carbonyl (C=O) groups excluding carboxylic acids is 1. The number of amides is 1. The Hall–Kier alpha value is -2.01. The summed E-state index contributed by atoms with van der Waals surface area (Å²) in [6.45, 7) is 3.92. The normalized spacial score (nSPS) is 18.5. The molecule has 1 fully saturated rings. The van der Waals surface area contributed by atoms with Gasteiger partial charge in [-0.3, -0.25) is 9.48 Å². The van der Waals surface area contributed by atoms with E-state index >= 15 is 0 Å². The Kier molecular flexibility index (Phi) is 6.24. The van der Waals surface area contributed by atoms with Crippen molar-refractivity contribution in [1.29, 1.82) is 0 Å². The van der Waals surface area contributed by atoms with E-state index in [9.17, 15) is 26.4 Å². The summed E-state index contributed by atoms with van der Waals surface area (Å²) in [5.74, 6) is -0.119. The average molecular weight is 462 g/mol. The zero-order valence-corrected chi connectivity index (χ0v) is 18.4. The van der Waals surface area contributed by atoms with Gasteiger partial charge >= 0.3 is 5.51 Å². The van der Waals surface area contributed by atoms with Crippen molar-refractivity contribution in [2.45, 2.75) is 43.3 Å². The summed E-state index contributed by atoms with van der Waals surface area (Å²) in [5.41, 5.74) is -1.73. The van der Waals surface area contributed by atoms with E-state index in [2.05, 4.69) is 5.10 Å². The predicted octanol–water partition coefficient (Wildman–Crippen LogP) is 3.74. The number of aromatic nitrogens is 2. The fourth-order valence-electron chi connectivity index (χ4n) is 3.58. The Balaban J connectivity index is 1.73. The fraction of sp³-hybridized carbons (Fsp3) is 0.474. The van der Waals surface area contributed by atoms with Gasteiger partial charge in [-0.15, -0.1) is 0 Å². The topological polar surface area (TPSA) is 72.3 Å². The molecule has 1 saturated heterocycles. The molecule has 0 unspecified atom stereocenters. The summed E-state index contributed by atoms with van der Waals surface area (Å²) in [4.78, 5) is 14.2. The number of hydrogen-bond donors (Lipinski definition) is 0. The molecular formula is C19H22F3N3O3S2. The van der Waals surface area contributed by atoms with Crippen molar-refractivity contribution >= 4 is 27.5 Å². The van der Waals surface area contributed by atoms with E-state index in [1.54, 1.807) is 11.7 Å². The second-order valence-electron chi connectivity index (χ2n) is 7.38. The van der Waals surface area contributed by atoms with E-state index in [4.69, 9.17) is 0 Å². The lowest BCUT2D eigenvalue weighted by Crippen LogP contribution is -2.26. The van der Waals surface area contributed by atoms with Gasteiger partial charge in [-0.2, -0.15) is 18.3 Å². The third-order valence-electron chi connectivity index (χ3n) is 5.11. The molecule has 0 radical (unpaired) electrons. The van der Waals surface area contributed by atoms with Crippen LogP contribution in [0.1, 0.15) is 39.8 Å². The molecule has 1 aromatic carbocycles. The number of nitrogens with zero attached hydrogens (tertiary/aromatic N) is 3. The van der Waals surface area contributed by atoms with Gasteiger partial charge < -0.3 is 4.90 Å². The molecule has 6 nitrogen and oxygen atoms in total. The molecule has 11 heteroatoms. The van der Waals surface area contributed by atoms with Crippen LogP contribution in [0.15, 0.2) is 29.2 Å². The first-order chi connectivity index (χ1) is 13.9. The Morgan fingerprint density at radius 2 is 1.90 bits per heavy atom. The van der Waals surface area contributed by atoms with E-state index in [0.29, 0.717) is 12.1 Å². The highest BCUT2D eigenvalue weighted by molar-refractivity contribution is 8.00. The van der Waals surface area contributed by atoms with Crippen LogP contribution in [-0.4, -0.2) is 53.1 Å². The lowest BCUT2D eigenvalue weighted by Gasteiger charge is -2.18. The SMILES string of the molecule is Cc1nn([C@H]2CCS(=O)(=O)C2)c(C)c1CN(C)C(=O)c1ccc(SC(F)(F)F)cc1. The zero-order chi connectivity index (χ0) is 22.3. The molecule has 2 heterocycles. The van der Waals surface area contributed by atoms with Crippen LogP contribution in [0.3, 0.4) is 0 Å². The largest absolute Gasteiger partial charge is 0.446 e. The highest BCUT2D eigenvalue weighted by Crippen LogP contribution is 2.36. The molecule has 0 bridgehead atoms. The van der Waals surface area contributed by atoms with Crippen LogP contribution in [0.5, 0.6) is 0 Å². The van der Waals surface area contributed by atoms with Gasteiger partial charge in [0.1, 0.15) is 0 Å². The smallest absolute Gasteiger partial charge is 0.337 e. The molecule has 1 aromatic heterocycles. The summed E-state index contributed by atoms with van der Waals surface area (Å²) in [5, 5.41) is 4.49. The molecule has 1 aliphatic heterocycles. The Labute approximate surface area is 177 Å². The van der Waals surface area contributed by atoms with Crippen LogP contribution < -0.4 is 0 Å². The zero-order valence-electron chi connectivity index (χ0n) is 16.7. The van der Waals surface area contributed by atoms with Crippen molar-refractivity contribution in [2.24, 2.45) is 0 Å². The maximum atomic E-state index is 12.7. The van der Waals surface area contributed by atoms with Crippen molar-refractivity contribution in [3.8, 4) is 0 Å². The summed E-state index contributed by atoms with van der Waals surface area (Å²) in [6.07, 6.45) is 0.515. The van der Waals surface area contributed by atoms with Gasteiger partial charge in [0.25, 0.3) is 5.91 Å². The minimum absolute atomic E-state index is 0.0150. The number of carbonyl (C=O) groups is 1. The molecule has 0 N–H and O–H groups in total. The molecule has 2 aromatic rings. The van der Waals surface area contributed by atoms with Crippen LogP contribution in [-0.2, 0) is 16.4 Å². The van der Waals surface area contributed by atoms with Gasteiger partial charge in [-0.1, -0.05) is 0 Å². The fourth-order valence-corrected chi connectivity index (χ4v) is 5.81. The van der Waals surface area contributed by atoms with Crippen LogP contribution >= 0.6 is 11.8 Å². The summed E-state index contributed by atoms with van der Waals surface area (Å²) < 4.78 is 62.6. The lowest BCUT2D eigenvalue weighted by atomic mass is 10.1. The van der Waals surface area contributed by atoms with Gasteiger partial charge in [0.15, 0.2) is 9.84 Å². The molecule has 164 valence electrons. The molecule has 0 aliphatic carbocycles. The molecule has 1 atom stereocenters. The number of rotatable bonds is 5. The maximum absolute atomic E-state index is 12.7. The van der Waals surface area contributed by atoms with E-state index in [-0.39, 0.29) is 52.2 Å². The number of halogens is 3. The monoisotopic (exact) mass is 461 g/mol. The molecule has 0 saturated carbocycles. The van der Waals surface area contributed by atoms with Gasteiger partial charge in [0.05, 0.1) is 23.2 Å². The van der Waals surface area contributed by atoms with Crippen molar-refractivity contribution in [2.75, 3.05) is 18.6 Å². The summed E-state index contributed by atoms with van der Waals surface area (Å²) in [6, 6.07) is 5.09. The number of alkyl halides is 3. The van der Waals surface area contributed by atoms with E-state index < -0.39 is 15.3 Å². The van der Waals surface area contributed by atoms with Crippen LogP contribution in [0.4, 0.5) is 13.2 Å². The minimum atomic E-state index is -4.38. The molecule has 0 spiro atoms. The summed E-state index contributed by atoms with van der Waals surface area (Å²) >= 11 is -0.228. The molecule has 1 amide bonds. The van der Waals surface area contributed by atoms with Gasteiger partial charge in [-0.05, 0) is 56.3 Å². The molecule has 1 aliphatic rings. The van der Waals surface area contributed by atoms with Gasteiger partial charge in [0.2, 0.25) is 0 Å². The van der Waals surface area contributed by atoms with Crippen molar-refractivity contribution in [1.82, 2.24) is 14.7 Å². The Bertz CT molecular complexity index is 1050. The highest BCUT2D eigenvalue weighted by Gasteiger charge is 2.32. The predicted molar refractivity (Wildman–Crippen MR) is 108 cm³/mol. The highest BCUT2D eigenvalue weighted by atomic mass is 32.2. The Morgan fingerprint density at radius 3 is 2.43 bits per heavy atom. The third-order valence-corrected chi connectivity index (χ3v) is 7.60. The van der Waals surface area contributed by atoms with Crippen molar-refractivity contribution < 1.29 is 26.4 Å². The maximum Gasteiger partial charge on any atom is 0.446 e. The number of aryl methyl sites for hydroxylation is 1. The first-order valence-electron chi connectivity index (χ1n) is 9.22. The van der Waals surface area contributed by atoms with Crippen LogP contribution in [0, 0.1) is 13.8 Å². The lowest BCUT2D eigenvalue weighted by molar-refractivity contribution is -0.0328. The number of sulfone groups is 1. The average Bonchev–Trinajstić information content (AvgIpc) is 3.13.